The summed E-state index contributed by atoms with van der Waals surface area (Å²) < 4.78 is 14.0. The molecule has 0 aromatic heterocycles. The van der Waals surface area contributed by atoms with Gasteiger partial charge in [0.15, 0.2) is 5.41 Å². The van der Waals surface area contributed by atoms with Crippen LogP contribution in [0.25, 0.3) is 0 Å². The number of hydrogen-bond donors (Lipinski definition) is 1. The number of carboxylic acids is 1. The standard InChI is InChI=1S/C18H21FN2O3/c19-14-6-1-2-7-15(14)20-10-5-11-21(13-12-20)16(22)18(17(23)24)8-3-4-9-18/h1-4,6-7H,5,8-13H2,(H,23,24). The van der Waals surface area contributed by atoms with Crippen LogP contribution in [-0.4, -0.2) is 48.1 Å². The van der Waals surface area contributed by atoms with Crippen molar-refractivity contribution in [2.45, 2.75) is 19.3 Å². The molecule has 1 aromatic carbocycles. The average Bonchev–Trinajstić information content (AvgIpc) is 2.95. The summed E-state index contributed by atoms with van der Waals surface area (Å²) in [6.45, 7) is 2.04. The van der Waals surface area contributed by atoms with E-state index in [0.717, 1.165) is 0 Å². The number of rotatable bonds is 3. The van der Waals surface area contributed by atoms with Crippen LogP contribution in [0.3, 0.4) is 0 Å². The number of benzene rings is 1. The number of para-hydroxylation sites is 1. The van der Waals surface area contributed by atoms with Crippen molar-refractivity contribution in [2.75, 3.05) is 31.1 Å². The Morgan fingerprint density at radius 1 is 1.04 bits per heavy atom. The van der Waals surface area contributed by atoms with Gasteiger partial charge in [-0.05, 0) is 31.4 Å². The molecule has 128 valence electrons. The smallest absolute Gasteiger partial charge is 0.319 e. The number of anilines is 1. The molecule has 1 saturated heterocycles. The SMILES string of the molecule is O=C(O)C1(C(=O)N2CCCN(c3ccccc3F)CC2)CC=CC1. The molecule has 1 aliphatic heterocycles. The Kier molecular flexibility index (Phi) is 4.55. The van der Waals surface area contributed by atoms with E-state index >= 15 is 0 Å². The monoisotopic (exact) mass is 332 g/mol. The van der Waals surface area contributed by atoms with Crippen molar-refractivity contribution in [1.29, 1.82) is 0 Å². The fourth-order valence-electron chi connectivity index (χ4n) is 3.47. The molecule has 1 aromatic rings. The minimum absolute atomic E-state index is 0.245. The lowest BCUT2D eigenvalue weighted by Gasteiger charge is -2.30. The third-order valence-corrected chi connectivity index (χ3v) is 4.89. The fraction of sp³-hybridized carbons (Fsp3) is 0.444. The number of hydrogen-bond acceptors (Lipinski definition) is 3. The summed E-state index contributed by atoms with van der Waals surface area (Å²) >= 11 is 0. The van der Waals surface area contributed by atoms with Crippen LogP contribution in [0.5, 0.6) is 0 Å². The first-order valence-corrected chi connectivity index (χ1v) is 8.22. The van der Waals surface area contributed by atoms with E-state index in [1.807, 2.05) is 4.90 Å². The third-order valence-electron chi connectivity index (χ3n) is 4.89. The largest absolute Gasteiger partial charge is 0.480 e. The minimum Gasteiger partial charge on any atom is -0.480 e. The number of amides is 1. The summed E-state index contributed by atoms with van der Waals surface area (Å²) in [6.07, 6.45) is 4.69. The number of carbonyl (C=O) groups is 2. The van der Waals surface area contributed by atoms with E-state index in [2.05, 4.69) is 0 Å². The second kappa shape index (κ2) is 6.63. The van der Waals surface area contributed by atoms with Gasteiger partial charge < -0.3 is 14.9 Å². The highest BCUT2D eigenvalue weighted by Gasteiger charge is 2.48. The van der Waals surface area contributed by atoms with Crippen molar-refractivity contribution in [3.63, 3.8) is 0 Å². The van der Waals surface area contributed by atoms with Gasteiger partial charge in [-0.3, -0.25) is 9.59 Å². The first kappa shape index (κ1) is 16.5. The topological polar surface area (TPSA) is 60.9 Å². The second-order valence-corrected chi connectivity index (χ2v) is 6.35. The zero-order valence-electron chi connectivity index (χ0n) is 13.4. The molecule has 1 aliphatic carbocycles. The molecule has 2 aliphatic rings. The summed E-state index contributed by atoms with van der Waals surface area (Å²) in [5, 5.41) is 9.55. The van der Waals surface area contributed by atoms with Crippen molar-refractivity contribution in [3.05, 3.63) is 42.2 Å². The molecule has 0 bridgehead atoms. The van der Waals surface area contributed by atoms with Gasteiger partial charge in [-0.15, -0.1) is 0 Å². The van der Waals surface area contributed by atoms with Gasteiger partial charge in [0, 0.05) is 26.2 Å². The molecule has 1 heterocycles. The lowest BCUT2D eigenvalue weighted by atomic mass is 9.83. The van der Waals surface area contributed by atoms with Gasteiger partial charge in [-0.2, -0.15) is 0 Å². The lowest BCUT2D eigenvalue weighted by molar-refractivity contribution is -0.159. The Morgan fingerprint density at radius 3 is 2.42 bits per heavy atom. The summed E-state index contributed by atoms with van der Waals surface area (Å²) in [7, 11) is 0. The number of carboxylic acid groups (broad SMARTS) is 1. The third kappa shape index (κ3) is 2.88. The Hall–Kier alpha value is -2.37. The summed E-state index contributed by atoms with van der Waals surface area (Å²) in [5.41, 5.74) is -0.824. The van der Waals surface area contributed by atoms with Crippen LogP contribution in [0.15, 0.2) is 36.4 Å². The predicted molar refractivity (Wildman–Crippen MR) is 88.3 cm³/mol. The van der Waals surface area contributed by atoms with Crippen LogP contribution < -0.4 is 4.90 Å². The Morgan fingerprint density at radius 2 is 1.75 bits per heavy atom. The summed E-state index contributed by atoms with van der Waals surface area (Å²) in [6, 6.07) is 6.59. The molecule has 3 rings (SSSR count). The maximum Gasteiger partial charge on any atom is 0.319 e. The van der Waals surface area contributed by atoms with Crippen molar-refractivity contribution >= 4 is 17.6 Å². The Bertz CT molecular complexity index is 666. The highest BCUT2D eigenvalue weighted by atomic mass is 19.1. The molecule has 6 heteroatoms. The van der Waals surface area contributed by atoms with Crippen molar-refractivity contribution in [3.8, 4) is 0 Å². The first-order chi connectivity index (χ1) is 11.5. The molecule has 0 spiro atoms. The van der Waals surface area contributed by atoms with E-state index in [4.69, 9.17) is 0 Å². The van der Waals surface area contributed by atoms with Gasteiger partial charge in [0.05, 0.1) is 5.69 Å². The number of carbonyl (C=O) groups excluding carboxylic acids is 1. The Balaban J connectivity index is 1.73. The molecule has 0 atom stereocenters. The number of halogens is 1. The van der Waals surface area contributed by atoms with Crippen LogP contribution in [0.2, 0.25) is 0 Å². The molecule has 1 fully saturated rings. The fourth-order valence-corrected chi connectivity index (χ4v) is 3.47. The zero-order chi connectivity index (χ0) is 17.2. The molecule has 5 nitrogen and oxygen atoms in total. The molecule has 24 heavy (non-hydrogen) atoms. The van der Waals surface area contributed by atoms with E-state index in [1.54, 1.807) is 35.3 Å². The minimum atomic E-state index is -1.35. The van der Waals surface area contributed by atoms with E-state index in [1.165, 1.54) is 6.07 Å². The first-order valence-electron chi connectivity index (χ1n) is 8.22. The summed E-state index contributed by atoms with van der Waals surface area (Å²) in [4.78, 5) is 28.1. The highest BCUT2D eigenvalue weighted by molar-refractivity contribution is 6.02. The van der Waals surface area contributed by atoms with E-state index in [9.17, 15) is 19.1 Å². The van der Waals surface area contributed by atoms with Gasteiger partial charge in [0.25, 0.3) is 0 Å². The lowest BCUT2D eigenvalue weighted by Crippen LogP contribution is -2.48. The molecular formula is C18H21FN2O3. The van der Waals surface area contributed by atoms with Gasteiger partial charge in [-0.1, -0.05) is 24.3 Å². The van der Waals surface area contributed by atoms with Gasteiger partial charge in [-0.25, -0.2) is 4.39 Å². The maximum atomic E-state index is 14.0. The molecule has 1 amide bonds. The van der Waals surface area contributed by atoms with Crippen LogP contribution in [0.1, 0.15) is 19.3 Å². The molecular weight excluding hydrogens is 311 g/mol. The normalized spacial score (nSPS) is 20.0. The van der Waals surface area contributed by atoms with Crippen molar-refractivity contribution in [2.24, 2.45) is 5.41 Å². The maximum absolute atomic E-state index is 14.0. The number of allylic oxidation sites excluding steroid dienone is 2. The van der Waals surface area contributed by atoms with Crippen LogP contribution in [0, 0.1) is 11.2 Å². The second-order valence-electron chi connectivity index (χ2n) is 6.35. The quantitative estimate of drug-likeness (QED) is 0.681. The molecule has 1 N–H and O–H groups in total. The molecule has 0 unspecified atom stereocenters. The number of nitrogens with zero attached hydrogens (tertiary/aromatic N) is 2. The van der Waals surface area contributed by atoms with E-state index < -0.39 is 11.4 Å². The van der Waals surface area contributed by atoms with E-state index in [0.29, 0.717) is 38.3 Å². The Labute approximate surface area is 140 Å². The predicted octanol–water partition coefficient (Wildman–Crippen LogP) is 2.29. The molecule has 0 radical (unpaired) electrons. The highest BCUT2D eigenvalue weighted by Crippen LogP contribution is 2.36. The average molecular weight is 332 g/mol. The van der Waals surface area contributed by atoms with Crippen molar-refractivity contribution < 1.29 is 19.1 Å². The van der Waals surface area contributed by atoms with Crippen molar-refractivity contribution in [1.82, 2.24) is 4.90 Å². The number of aliphatic carboxylic acids is 1. The zero-order valence-corrected chi connectivity index (χ0v) is 13.4. The summed E-state index contributed by atoms with van der Waals surface area (Å²) in [5.74, 6) is -1.66. The van der Waals surface area contributed by atoms with Crippen LogP contribution in [0.4, 0.5) is 10.1 Å². The van der Waals surface area contributed by atoms with Gasteiger partial charge in [0.2, 0.25) is 5.91 Å². The van der Waals surface area contributed by atoms with Gasteiger partial charge in [0.1, 0.15) is 5.82 Å². The van der Waals surface area contributed by atoms with E-state index in [-0.39, 0.29) is 24.6 Å². The van der Waals surface area contributed by atoms with Gasteiger partial charge >= 0.3 is 5.97 Å². The van der Waals surface area contributed by atoms with Crippen LogP contribution >= 0.6 is 0 Å². The van der Waals surface area contributed by atoms with Crippen LogP contribution in [-0.2, 0) is 9.59 Å². The molecule has 0 saturated carbocycles.